The van der Waals surface area contributed by atoms with Crippen LogP contribution in [0.3, 0.4) is 0 Å². The Morgan fingerprint density at radius 3 is 2.21 bits per heavy atom. The first kappa shape index (κ1) is 12.7. The Bertz CT molecular complexity index is 531. The quantitative estimate of drug-likeness (QED) is 0.739. The number of aryl methyl sites for hydroxylation is 1. The summed E-state index contributed by atoms with van der Waals surface area (Å²) in [6.07, 6.45) is 3.77. The number of hydrogen-bond donors (Lipinski definition) is 0. The van der Waals surface area contributed by atoms with Crippen LogP contribution < -0.4 is 4.90 Å². The fourth-order valence-electron chi connectivity index (χ4n) is 3.14. The molecule has 0 spiro atoms. The SMILES string of the molecule is Cc1ccc(N2C(=O)[C@H]3CCCC[C@@H]3C2=O)cc1Cl. The van der Waals surface area contributed by atoms with Crippen LogP contribution in [0.2, 0.25) is 5.02 Å². The van der Waals surface area contributed by atoms with Gasteiger partial charge in [0.05, 0.1) is 17.5 Å². The number of imide groups is 1. The smallest absolute Gasteiger partial charge is 0.237 e. The largest absolute Gasteiger partial charge is 0.274 e. The van der Waals surface area contributed by atoms with Crippen LogP contribution >= 0.6 is 11.6 Å². The van der Waals surface area contributed by atoms with Gasteiger partial charge in [-0.3, -0.25) is 14.5 Å². The summed E-state index contributed by atoms with van der Waals surface area (Å²) < 4.78 is 0. The highest BCUT2D eigenvalue weighted by Gasteiger charge is 2.48. The average molecular weight is 278 g/mol. The Kier molecular flexibility index (Phi) is 3.09. The zero-order chi connectivity index (χ0) is 13.6. The van der Waals surface area contributed by atoms with E-state index in [1.807, 2.05) is 13.0 Å². The van der Waals surface area contributed by atoms with Crippen LogP contribution in [0.5, 0.6) is 0 Å². The first-order chi connectivity index (χ1) is 9.09. The highest BCUT2D eigenvalue weighted by molar-refractivity contribution is 6.32. The fourth-order valence-corrected chi connectivity index (χ4v) is 3.31. The lowest BCUT2D eigenvalue weighted by Crippen LogP contribution is -2.30. The Morgan fingerprint density at radius 1 is 1.11 bits per heavy atom. The highest BCUT2D eigenvalue weighted by atomic mass is 35.5. The maximum atomic E-state index is 12.4. The van der Waals surface area contributed by atoms with Crippen LogP contribution in [-0.4, -0.2) is 11.8 Å². The molecule has 1 aromatic carbocycles. The number of carbonyl (C=O) groups is 2. The third-order valence-corrected chi connectivity index (χ3v) is 4.66. The summed E-state index contributed by atoms with van der Waals surface area (Å²) in [5.74, 6) is -0.313. The molecule has 1 aromatic rings. The van der Waals surface area contributed by atoms with E-state index in [1.54, 1.807) is 12.1 Å². The highest BCUT2D eigenvalue weighted by Crippen LogP contribution is 2.40. The van der Waals surface area contributed by atoms with Crippen molar-refractivity contribution in [1.82, 2.24) is 0 Å². The second-order valence-electron chi connectivity index (χ2n) is 5.44. The van der Waals surface area contributed by atoms with Crippen molar-refractivity contribution in [1.29, 1.82) is 0 Å². The summed E-state index contributed by atoms with van der Waals surface area (Å²) >= 11 is 6.09. The van der Waals surface area contributed by atoms with Crippen LogP contribution in [0.1, 0.15) is 31.2 Å². The molecule has 2 fully saturated rings. The number of carbonyl (C=O) groups excluding carboxylic acids is 2. The topological polar surface area (TPSA) is 37.4 Å². The molecule has 100 valence electrons. The molecule has 0 unspecified atom stereocenters. The predicted octanol–water partition coefficient (Wildman–Crippen LogP) is 3.33. The van der Waals surface area contributed by atoms with Crippen molar-refractivity contribution in [3.05, 3.63) is 28.8 Å². The number of nitrogens with zero attached hydrogens (tertiary/aromatic N) is 1. The van der Waals surface area contributed by atoms with Crippen molar-refractivity contribution in [2.24, 2.45) is 11.8 Å². The first-order valence-electron chi connectivity index (χ1n) is 6.73. The molecule has 1 aliphatic carbocycles. The van der Waals surface area contributed by atoms with E-state index in [9.17, 15) is 9.59 Å². The molecule has 1 heterocycles. The molecular formula is C15H16ClNO2. The summed E-state index contributed by atoms with van der Waals surface area (Å²) in [7, 11) is 0. The number of rotatable bonds is 1. The molecule has 2 amide bonds. The number of hydrogen-bond acceptors (Lipinski definition) is 2. The van der Waals surface area contributed by atoms with E-state index in [4.69, 9.17) is 11.6 Å². The number of anilines is 1. The van der Waals surface area contributed by atoms with Gasteiger partial charge in [0.2, 0.25) is 11.8 Å². The second kappa shape index (κ2) is 4.64. The van der Waals surface area contributed by atoms with E-state index in [0.717, 1.165) is 31.2 Å². The van der Waals surface area contributed by atoms with Crippen LogP contribution in [0, 0.1) is 18.8 Å². The van der Waals surface area contributed by atoms with Gasteiger partial charge in [0, 0.05) is 5.02 Å². The number of fused-ring (bicyclic) bond motifs is 1. The van der Waals surface area contributed by atoms with E-state index >= 15 is 0 Å². The van der Waals surface area contributed by atoms with Crippen LogP contribution in [0.4, 0.5) is 5.69 Å². The molecule has 2 aliphatic rings. The minimum Gasteiger partial charge on any atom is -0.274 e. The molecule has 1 aliphatic heterocycles. The standard InChI is InChI=1S/C15H16ClNO2/c1-9-6-7-10(8-13(9)16)17-14(18)11-4-2-3-5-12(11)15(17)19/h6-8,11-12H,2-5H2,1H3/t11-,12-/m0/s1. The van der Waals surface area contributed by atoms with Crippen molar-refractivity contribution in [2.75, 3.05) is 4.90 Å². The van der Waals surface area contributed by atoms with Gasteiger partial charge in [-0.15, -0.1) is 0 Å². The molecule has 3 nitrogen and oxygen atoms in total. The fraction of sp³-hybridized carbons (Fsp3) is 0.467. The van der Waals surface area contributed by atoms with Crippen LogP contribution in [-0.2, 0) is 9.59 Å². The number of amides is 2. The van der Waals surface area contributed by atoms with Gasteiger partial charge >= 0.3 is 0 Å². The van der Waals surface area contributed by atoms with Crippen molar-refractivity contribution in [2.45, 2.75) is 32.6 Å². The van der Waals surface area contributed by atoms with Gasteiger partial charge in [0.15, 0.2) is 0 Å². The van der Waals surface area contributed by atoms with E-state index in [2.05, 4.69) is 0 Å². The lowest BCUT2D eigenvalue weighted by molar-refractivity contribution is -0.122. The van der Waals surface area contributed by atoms with Crippen molar-refractivity contribution < 1.29 is 9.59 Å². The molecule has 1 saturated carbocycles. The number of benzene rings is 1. The molecule has 0 aromatic heterocycles. The summed E-state index contributed by atoms with van der Waals surface area (Å²) in [4.78, 5) is 26.2. The Balaban J connectivity index is 1.98. The first-order valence-corrected chi connectivity index (χ1v) is 7.11. The molecule has 0 N–H and O–H groups in total. The van der Waals surface area contributed by atoms with Gasteiger partial charge in [-0.1, -0.05) is 30.5 Å². The zero-order valence-corrected chi connectivity index (χ0v) is 11.6. The number of halogens is 1. The molecule has 1 saturated heterocycles. The van der Waals surface area contributed by atoms with Gasteiger partial charge in [0.25, 0.3) is 0 Å². The van der Waals surface area contributed by atoms with Gasteiger partial charge < -0.3 is 0 Å². The van der Waals surface area contributed by atoms with E-state index in [-0.39, 0.29) is 23.7 Å². The maximum Gasteiger partial charge on any atom is 0.237 e. The molecule has 0 radical (unpaired) electrons. The summed E-state index contributed by atoms with van der Waals surface area (Å²) in [5.41, 5.74) is 1.56. The van der Waals surface area contributed by atoms with Crippen LogP contribution in [0.15, 0.2) is 18.2 Å². The predicted molar refractivity (Wildman–Crippen MR) is 74.1 cm³/mol. The second-order valence-corrected chi connectivity index (χ2v) is 5.85. The molecule has 2 atom stereocenters. The molecular weight excluding hydrogens is 262 g/mol. The summed E-state index contributed by atoms with van der Waals surface area (Å²) in [5, 5.41) is 0.591. The van der Waals surface area contributed by atoms with Gasteiger partial charge in [-0.25, -0.2) is 0 Å². The minimum absolute atomic E-state index is 0.0466. The van der Waals surface area contributed by atoms with Gasteiger partial charge in [-0.2, -0.15) is 0 Å². The molecule has 3 rings (SSSR count). The van der Waals surface area contributed by atoms with E-state index < -0.39 is 0 Å². The van der Waals surface area contributed by atoms with Gasteiger partial charge in [-0.05, 0) is 37.5 Å². The minimum atomic E-state index is -0.110. The van der Waals surface area contributed by atoms with Crippen molar-refractivity contribution in [3.63, 3.8) is 0 Å². The summed E-state index contributed by atoms with van der Waals surface area (Å²) in [6, 6.07) is 5.36. The molecule has 0 bridgehead atoms. The Morgan fingerprint density at radius 2 is 1.68 bits per heavy atom. The lowest BCUT2D eigenvalue weighted by atomic mass is 9.81. The Labute approximate surface area is 117 Å². The van der Waals surface area contributed by atoms with Gasteiger partial charge in [0.1, 0.15) is 0 Å². The lowest BCUT2D eigenvalue weighted by Gasteiger charge is -2.19. The third kappa shape index (κ3) is 1.96. The van der Waals surface area contributed by atoms with Crippen LogP contribution in [0.25, 0.3) is 0 Å². The Hall–Kier alpha value is -1.35. The van der Waals surface area contributed by atoms with E-state index in [0.29, 0.717) is 10.7 Å². The normalized spacial score (nSPS) is 26.7. The average Bonchev–Trinajstić information content (AvgIpc) is 2.66. The molecule has 4 heteroatoms. The maximum absolute atomic E-state index is 12.4. The zero-order valence-electron chi connectivity index (χ0n) is 10.9. The molecule has 19 heavy (non-hydrogen) atoms. The monoisotopic (exact) mass is 277 g/mol. The third-order valence-electron chi connectivity index (χ3n) is 4.25. The van der Waals surface area contributed by atoms with E-state index in [1.165, 1.54) is 4.90 Å². The summed E-state index contributed by atoms with van der Waals surface area (Å²) in [6.45, 7) is 1.90. The van der Waals surface area contributed by atoms with Crippen molar-refractivity contribution in [3.8, 4) is 0 Å². The van der Waals surface area contributed by atoms with Crippen molar-refractivity contribution >= 4 is 29.1 Å².